The summed E-state index contributed by atoms with van der Waals surface area (Å²) >= 11 is 6.61. The topological polar surface area (TPSA) is 87.7 Å². The first-order valence-electron chi connectivity index (χ1n) is 9.60. The van der Waals surface area contributed by atoms with Crippen LogP contribution >= 0.6 is 31.9 Å². The minimum Gasteiger partial charge on any atom is -0.487 e. The monoisotopic (exact) mass is 578 g/mol. The number of anilines is 2. The van der Waals surface area contributed by atoms with Crippen molar-refractivity contribution in [3.8, 4) is 5.75 Å². The number of nitrogens with one attached hydrogen (secondary N) is 2. The van der Waals surface area contributed by atoms with Gasteiger partial charge in [0.05, 0.1) is 14.5 Å². The lowest BCUT2D eigenvalue weighted by molar-refractivity contribution is -0.140. The number of hydrogen-bond acceptors (Lipinski definition) is 4. The minimum absolute atomic E-state index is 0.121. The van der Waals surface area contributed by atoms with E-state index in [-0.39, 0.29) is 6.61 Å². The molecule has 1 aliphatic rings. The molecule has 0 bridgehead atoms. The Kier molecular flexibility index (Phi) is 7.71. The summed E-state index contributed by atoms with van der Waals surface area (Å²) in [5.74, 6) is -1.12. The molecule has 172 valence electrons. The van der Waals surface area contributed by atoms with Gasteiger partial charge in [-0.05, 0) is 86.5 Å². The third-order valence-electron chi connectivity index (χ3n) is 4.59. The molecular weight excluding hydrogens is 561 g/mol. The summed E-state index contributed by atoms with van der Waals surface area (Å²) in [4.78, 5) is 22.3. The third kappa shape index (κ3) is 7.13. The van der Waals surface area contributed by atoms with Crippen LogP contribution in [0.25, 0.3) is 0 Å². The highest BCUT2D eigenvalue weighted by Gasteiger charge is 2.31. The molecule has 0 radical (unpaired) electrons. The number of carbonyl (C=O) groups is 2. The first-order valence-corrected chi connectivity index (χ1v) is 11.2. The largest absolute Gasteiger partial charge is 0.487 e. The summed E-state index contributed by atoms with van der Waals surface area (Å²) in [5, 5.41) is 14.2. The van der Waals surface area contributed by atoms with Gasteiger partial charge in [0.15, 0.2) is 0 Å². The summed E-state index contributed by atoms with van der Waals surface area (Å²) in [6.45, 7) is 0.512. The van der Waals surface area contributed by atoms with Crippen LogP contribution in [-0.2, 0) is 22.4 Å². The zero-order valence-electron chi connectivity index (χ0n) is 16.6. The fourth-order valence-electron chi connectivity index (χ4n) is 2.89. The van der Waals surface area contributed by atoms with Crippen molar-refractivity contribution in [2.24, 2.45) is 5.92 Å². The molecule has 6 nitrogen and oxygen atoms in total. The standard InChI is InChI=1S/C21H19Br2F3N2O4/c22-16-6-15(28-18(29)8-19(30)31)7-17(23)20(16)32-10-12-3-13(21(24,25)26)5-14(4-12)27-9-11-1-2-11/h3-7,11,27H,1-2,8-10H2,(H,28,29)(H,30,31). The lowest BCUT2D eigenvalue weighted by Gasteiger charge is -2.16. The third-order valence-corrected chi connectivity index (χ3v) is 5.77. The van der Waals surface area contributed by atoms with Gasteiger partial charge in [0, 0.05) is 17.9 Å². The van der Waals surface area contributed by atoms with Gasteiger partial charge in [-0.1, -0.05) is 0 Å². The number of carboxylic acid groups (broad SMARTS) is 1. The van der Waals surface area contributed by atoms with Crippen molar-refractivity contribution in [2.75, 3.05) is 17.2 Å². The van der Waals surface area contributed by atoms with Gasteiger partial charge in [-0.25, -0.2) is 0 Å². The van der Waals surface area contributed by atoms with Crippen LogP contribution in [-0.4, -0.2) is 23.5 Å². The van der Waals surface area contributed by atoms with Gasteiger partial charge in [0.2, 0.25) is 5.91 Å². The number of rotatable bonds is 9. The molecule has 0 heterocycles. The van der Waals surface area contributed by atoms with Gasteiger partial charge in [-0.15, -0.1) is 0 Å². The number of aliphatic carboxylic acids is 1. The van der Waals surface area contributed by atoms with E-state index in [2.05, 4.69) is 42.5 Å². The Balaban J connectivity index is 1.74. The smallest absolute Gasteiger partial charge is 0.416 e. The van der Waals surface area contributed by atoms with Crippen LogP contribution in [0.4, 0.5) is 24.5 Å². The molecule has 32 heavy (non-hydrogen) atoms. The molecule has 3 N–H and O–H groups in total. The fourth-order valence-corrected chi connectivity index (χ4v) is 4.31. The molecule has 11 heteroatoms. The van der Waals surface area contributed by atoms with E-state index in [4.69, 9.17) is 9.84 Å². The fraction of sp³-hybridized carbons (Fsp3) is 0.333. The van der Waals surface area contributed by atoms with Gasteiger partial charge in [0.25, 0.3) is 0 Å². The zero-order chi connectivity index (χ0) is 23.5. The highest BCUT2D eigenvalue weighted by molar-refractivity contribution is 9.11. The van der Waals surface area contributed by atoms with Gasteiger partial charge in [0.1, 0.15) is 18.8 Å². The van der Waals surface area contributed by atoms with E-state index >= 15 is 0 Å². The molecule has 1 fully saturated rings. The Morgan fingerprint density at radius 3 is 2.28 bits per heavy atom. The number of halogens is 5. The molecule has 3 rings (SSSR count). The molecule has 0 spiro atoms. The Morgan fingerprint density at radius 1 is 1.06 bits per heavy atom. The van der Waals surface area contributed by atoms with Crippen molar-refractivity contribution in [3.05, 3.63) is 50.4 Å². The molecule has 0 aromatic heterocycles. The van der Waals surface area contributed by atoms with Crippen LogP contribution in [0.1, 0.15) is 30.4 Å². The highest BCUT2D eigenvalue weighted by atomic mass is 79.9. The normalized spacial score (nSPS) is 13.5. The molecule has 0 atom stereocenters. The van der Waals surface area contributed by atoms with Crippen LogP contribution < -0.4 is 15.4 Å². The van der Waals surface area contributed by atoms with Gasteiger partial charge >= 0.3 is 12.1 Å². The Labute approximate surface area is 198 Å². The van der Waals surface area contributed by atoms with Crippen LogP contribution in [0, 0.1) is 5.92 Å². The molecule has 0 aliphatic heterocycles. The van der Waals surface area contributed by atoms with E-state index < -0.39 is 30.0 Å². The number of alkyl halides is 3. The molecule has 0 saturated heterocycles. The van der Waals surface area contributed by atoms with Crippen molar-refractivity contribution in [2.45, 2.75) is 32.0 Å². The second-order valence-corrected chi connectivity index (χ2v) is 9.13. The second-order valence-electron chi connectivity index (χ2n) is 7.42. The average Bonchev–Trinajstić information content (AvgIpc) is 3.48. The predicted molar refractivity (Wildman–Crippen MR) is 120 cm³/mol. The average molecular weight is 580 g/mol. The van der Waals surface area contributed by atoms with E-state index in [1.165, 1.54) is 12.1 Å². The molecule has 2 aromatic carbocycles. The Bertz CT molecular complexity index is 1000. The predicted octanol–water partition coefficient (Wildman–Crippen LogP) is 6.04. The molecule has 1 saturated carbocycles. The number of ether oxygens (including phenoxy) is 1. The van der Waals surface area contributed by atoms with E-state index in [9.17, 15) is 22.8 Å². The van der Waals surface area contributed by atoms with Crippen LogP contribution in [0.5, 0.6) is 5.75 Å². The quantitative estimate of drug-likeness (QED) is 0.315. The van der Waals surface area contributed by atoms with Crippen molar-refractivity contribution in [1.29, 1.82) is 0 Å². The molecule has 1 aliphatic carbocycles. The minimum atomic E-state index is -4.48. The van der Waals surface area contributed by atoms with E-state index in [1.807, 2.05) is 0 Å². The van der Waals surface area contributed by atoms with Gasteiger partial charge in [-0.2, -0.15) is 13.2 Å². The van der Waals surface area contributed by atoms with Crippen molar-refractivity contribution in [1.82, 2.24) is 0 Å². The summed E-state index contributed by atoms with van der Waals surface area (Å²) < 4.78 is 46.6. The van der Waals surface area contributed by atoms with E-state index in [1.54, 1.807) is 6.07 Å². The lowest BCUT2D eigenvalue weighted by Crippen LogP contribution is -2.16. The van der Waals surface area contributed by atoms with Gasteiger partial charge in [-0.3, -0.25) is 9.59 Å². The molecular formula is C21H19Br2F3N2O4. The molecule has 1 amide bonds. The number of hydrogen-bond donors (Lipinski definition) is 3. The van der Waals surface area contributed by atoms with E-state index in [0.29, 0.717) is 44.1 Å². The maximum Gasteiger partial charge on any atom is 0.416 e. The first kappa shape index (κ1) is 24.4. The summed E-state index contributed by atoms with van der Waals surface area (Å²) in [6, 6.07) is 6.78. The van der Waals surface area contributed by atoms with Crippen molar-refractivity contribution < 1.29 is 32.6 Å². The Morgan fingerprint density at radius 2 is 1.72 bits per heavy atom. The first-order chi connectivity index (χ1) is 15.0. The van der Waals surface area contributed by atoms with Crippen molar-refractivity contribution in [3.63, 3.8) is 0 Å². The maximum absolute atomic E-state index is 13.3. The SMILES string of the molecule is O=C(O)CC(=O)Nc1cc(Br)c(OCc2cc(NCC3CC3)cc(C(F)(F)F)c2)c(Br)c1. The van der Waals surface area contributed by atoms with E-state index in [0.717, 1.165) is 25.0 Å². The molecule has 0 unspecified atom stereocenters. The summed E-state index contributed by atoms with van der Waals surface area (Å²) in [5.41, 5.74) is 0.301. The number of carbonyl (C=O) groups excluding carboxylic acids is 1. The molecule has 2 aromatic rings. The highest BCUT2D eigenvalue weighted by Crippen LogP contribution is 2.38. The van der Waals surface area contributed by atoms with Crippen molar-refractivity contribution >= 4 is 55.1 Å². The number of amides is 1. The zero-order valence-corrected chi connectivity index (χ0v) is 19.7. The van der Waals surface area contributed by atoms with Crippen LogP contribution in [0.15, 0.2) is 39.3 Å². The second kappa shape index (κ2) is 10.1. The van der Waals surface area contributed by atoms with Crippen LogP contribution in [0.3, 0.4) is 0 Å². The Hall–Kier alpha value is -2.27. The maximum atomic E-state index is 13.3. The number of benzene rings is 2. The number of carboxylic acids is 1. The lowest BCUT2D eigenvalue weighted by atomic mass is 10.1. The van der Waals surface area contributed by atoms with Gasteiger partial charge < -0.3 is 20.5 Å². The van der Waals surface area contributed by atoms with Crippen LogP contribution in [0.2, 0.25) is 0 Å². The summed E-state index contributed by atoms with van der Waals surface area (Å²) in [6.07, 6.45) is -3.00. The summed E-state index contributed by atoms with van der Waals surface area (Å²) in [7, 11) is 0.